The van der Waals surface area contributed by atoms with Gasteiger partial charge in [-0.3, -0.25) is 0 Å². The molecule has 0 bridgehead atoms. The van der Waals surface area contributed by atoms with E-state index < -0.39 is 0 Å². The fourth-order valence-corrected chi connectivity index (χ4v) is 3.72. The molecule has 22 heavy (non-hydrogen) atoms. The highest BCUT2D eigenvalue weighted by Crippen LogP contribution is 2.40. The summed E-state index contributed by atoms with van der Waals surface area (Å²) in [6, 6.07) is 7.00. The average molecular weight is 368 g/mol. The molecule has 0 saturated heterocycles. The van der Waals surface area contributed by atoms with E-state index in [0.717, 1.165) is 9.04 Å². The van der Waals surface area contributed by atoms with Gasteiger partial charge in [0, 0.05) is 5.02 Å². The van der Waals surface area contributed by atoms with Crippen LogP contribution in [-0.4, -0.2) is 16.2 Å². The molecule has 3 rings (SSSR count). The molecule has 0 aliphatic heterocycles. The van der Waals surface area contributed by atoms with E-state index in [1.807, 2.05) is 6.26 Å². The Bertz CT molecular complexity index is 905. The Morgan fingerprint density at radius 3 is 2.86 bits per heavy atom. The summed E-state index contributed by atoms with van der Waals surface area (Å²) in [6.45, 7) is 0. The Labute approximate surface area is 144 Å². The standard InChI is InChI=1S/C14H7Cl2N3OS2/c1-21-14-19-13-12(22-14)11(7(5-17)6-18-13)20-10-3-2-8(15)4-9(10)16/h2-4,6H,1H3. The Hall–Kier alpha value is -1.52. The molecule has 1 aromatic carbocycles. The molecule has 0 aliphatic rings. The Morgan fingerprint density at radius 1 is 1.36 bits per heavy atom. The highest BCUT2D eigenvalue weighted by atomic mass is 35.5. The van der Waals surface area contributed by atoms with Gasteiger partial charge in [-0.05, 0) is 24.5 Å². The lowest BCUT2D eigenvalue weighted by atomic mass is 10.2. The Balaban J connectivity index is 2.15. The lowest BCUT2D eigenvalue weighted by Crippen LogP contribution is -1.91. The number of nitrogens with zero attached hydrogens (tertiary/aromatic N) is 3. The molecule has 0 fully saturated rings. The van der Waals surface area contributed by atoms with Crippen LogP contribution in [0.3, 0.4) is 0 Å². The van der Waals surface area contributed by atoms with Crippen molar-refractivity contribution in [2.75, 3.05) is 6.26 Å². The number of halogens is 2. The summed E-state index contributed by atoms with van der Waals surface area (Å²) >= 11 is 15.0. The van der Waals surface area contributed by atoms with Gasteiger partial charge in [-0.25, -0.2) is 9.97 Å². The second-order valence-electron chi connectivity index (χ2n) is 4.13. The zero-order chi connectivity index (χ0) is 15.7. The van der Waals surface area contributed by atoms with Crippen LogP contribution in [0, 0.1) is 11.3 Å². The van der Waals surface area contributed by atoms with Gasteiger partial charge in [-0.2, -0.15) is 5.26 Å². The molecule has 0 saturated carbocycles. The number of pyridine rings is 1. The number of thioether (sulfide) groups is 1. The van der Waals surface area contributed by atoms with Crippen molar-refractivity contribution in [3.05, 3.63) is 40.0 Å². The zero-order valence-corrected chi connectivity index (χ0v) is 14.3. The molecule has 0 N–H and O–H groups in total. The van der Waals surface area contributed by atoms with E-state index in [9.17, 15) is 5.26 Å². The van der Waals surface area contributed by atoms with E-state index in [0.29, 0.717) is 32.8 Å². The molecule has 0 amide bonds. The molecule has 0 atom stereocenters. The number of thiazole rings is 1. The minimum Gasteiger partial charge on any atom is -0.453 e. The van der Waals surface area contributed by atoms with E-state index >= 15 is 0 Å². The predicted octanol–water partition coefficient (Wildman–Crippen LogP) is 5.38. The van der Waals surface area contributed by atoms with E-state index in [4.69, 9.17) is 27.9 Å². The maximum atomic E-state index is 9.29. The van der Waals surface area contributed by atoms with Crippen LogP contribution in [0.1, 0.15) is 5.56 Å². The van der Waals surface area contributed by atoms with Crippen LogP contribution in [0.2, 0.25) is 10.0 Å². The van der Waals surface area contributed by atoms with Crippen LogP contribution in [0.15, 0.2) is 28.7 Å². The molecule has 4 nitrogen and oxygen atoms in total. The topological polar surface area (TPSA) is 58.8 Å². The number of rotatable bonds is 3. The molecule has 0 aliphatic carbocycles. The molecule has 3 aromatic rings. The summed E-state index contributed by atoms with van der Waals surface area (Å²) in [4.78, 5) is 8.56. The van der Waals surface area contributed by atoms with Gasteiger partial charge in [0.15, 0.2) is 15.7 Å². The maximum absolute atomic E-state index is 9.29. The van der Waals surface area contributed by atoms with Gasteiger partial charge < -0.3 is 4.74 Å². The Kier molecular flexibility index (Phi) is 4.41. The van der Waals surface area contributed by atoms with E-state index in [1.165, 1.54) is 29.3 Å². The molecular weight excluding hydrogens is 361 g/mol. The minimum atomic E-state index is 0.329. The number of benzene rings is 1. The first-order chi connectivity index (χ1) is 10.6. The molecule has 110 valence electrons. The van der Waals surface area contributed by atoms with Crippen molar-refractivity contribution in [1.82, 2.24) is 9.97 Å². The smallest absolute Gasteiger partial charge is 0.175 e. The first-order valence-electron chi connectivity index (χ1n) is 5.99. The SMILES string of the molecule is CSc1nc2ncc(C#N)c(Oc3ccc(Cl)cc3Cl)c2s1. The highest BCUT2D eigenvalue weighted by molar-refractivity contribution is 8.00. The monoisotopic (exact) mass is 367 g/mol. The number of fused-ring (bicyclic) bond motifs is 1. The van der Waals surface area contributed by atoms with Crippen molar-refractivity contribution in [3.63, 3.8) is 0 Å². The first-order valence-corrected chi connectivity index (χ1v) is 8.78. The summed E-state index contributed by atoms with van der Waals surface area (Å²) in [5, 5.41) is 10.2. The van der Waals surface area contributed by atoms with Crippen LogP contribution in [0.25, 0.3) is 10.3 Å². The fraction of sp³-hybridized carbons (Fsp3) is 0.0714. The summed E-state index contributed by atoms with van der Waals surface area (Å²) < 4.78 is 7.43. The van der Waals surface area contributed by atoms with Crippen molar-refractivity contribution >= 4 is 56.6 Å². The normalized spacial score (nSPS) is 10.6. The average Bonchev–Trinajstić information content (AvgIpc) is 2.93. The van der Waals surface area contributed by atoms with Gasteiger partial charge >= 0.3 is 0 Å². The van der Waals surface area contributed by atoms with Gasteiger partial charge in [-0.15, -0.1) is 11.3 Å². The molecule has 0 spiro atoms. The first kappa shape index (κ1) is 15.4. The summed E-state index contributed by atoms with van der Waals surface area (Å²) in [6.07, 6.45) is 3.38. The fourth-order valence-electron chi connectivity index (χ4n) is 1.77. The molecular formula is C14H7Cl2N3OS2. The van der Waals surface area contributed by atoms with E-state index in [2.05, 4.69) is 16.0 Å². The minimum absolute atomic E-state index is 0.329. The predicted molar refractivity (Wildman–Crippen MR) is 90.4 cm³/mol. The van der Waals surface area contributed by atoms with Crippen molar-refractivity contribution in [1.29, 1.82) is 5.26 Å². The number of nitriles is 1. The molecule has 2 heterocycles. The van der Waals surface area contributed by atoms with E-state index in [1.54, 1.807) is 18.2 Å². The maximum Gasteiger partial charge on any atom is 0.175 e. The second-order valence-corrected chi connectivity index (χ2v) is 7.02. The molecule has 2 aromatic heterocycles. The molecule has 0 unspecified atom stereocenters. The van der Waals surface area contributed by atoms with Gasteiger partial charge in [-0.1, -0.05) is 35.0 Å². The van der Waals surface area contributed by atoms with Crippen molar-refractivity contribution in [3.8, 4) is 17.6 Å². The van der Waals surface area contributed by atoms with Crippen LogP contribution >= 0.6 is 46.3 Å². The van der Waals surface area contributed by atoms with Gasteiger partial charge in [0.2, 0.25) is 0 Å². The quantitative estimate of drug-likeness (QED) is 0.581. The Morgan fingerprint density at radius 2 is 2.18 bits per heavy atom. The highest BCUT2D eigenvalue weighted by Gasteiger charge is 2.17. The van der Waals surface area contributed by atoms with E-state index in [-0.39, 0.29) is 0 Å². The third kappa shape index (κ3) is 2.85. The third-order valence-electron chi connectivity index (χ3n) is 2.76. The van der Waals surface area contributed by atoms with Crippen LogP contribution in [-0.2, 0) is 0 Å². The van der Waals surface area contributed by atoms with Crippen molar-refractivity contribution in [2.24, 2.45) is 0 Å². The van der Waals surface area contributed by atoms with Crippen LogP contribution in [0.5, 0.6) is 11.5 Å². The molecule has 0 radical (unpaired) electrons. The van der Waals surface area contributed by atoms with Gasteiger partial charge in [0.25, 0.3) is 0 Å². The largest absolute Gasteiger partial charge is 0.453 e. The number of hydrogen-bond donors (Lipinski definition) is 0. The number of hydrogen-bond acceptors (Lipinski definition) is 6. The van der Waals surface area contributed by atoms with Crippen molar-refractivity contribution in [2.45, 2.75) is 4.34 Å². The number of ether oxygens (including phenoxy) is 1. The summed E-state index contributed by atoms with van der Waals surface area (Å²) in [5.74, 6) is 0.837. The van der Waals surface area contributed by atoms with Crippen LogP contribution < -0.4 is 4.74 Å². The second kappa shape index (κ2) is 6.31. The molecule has 8 heteroatoms. The summed E-state index contributed by atoms with van der Waals surface area (Å²) in [5.41, 5.74) is 0.878. The van der Waals surface area contributed by atoms with Crippen LogP contribution in [0.4, 0.5) is 0 Å². The number of aromatic nitrogens is 2. The van der Waals surface area contributed by atoms with Crippen molar-refractivity contribution < 1.29 is 4.74 Å². The third-order valence-corrected chi connectivity index (χ3v) is 5.32. The zero-order valence-electron chi connectivity index (χ0n) is 11.1. The lowest BCUT2D eigenvalue weighted by Gasteiger charge is -2.09. The summed E-state index contributed by atoms with van der Waals surface area (Å²) in [7, 11) is 0. The lowest BCUT2D eigenvalue weighted by molar-refractivity contribution is 0.487. The van der Waals surface area contributed by atoms with Gasteiger partial charge in [0.05, 0.1) is 11.2 Å². The van der Waals surface area contributed by atoms with Gasteiger partial charge in [0.1, 0.15) is 22.1 Å².